The second kappa shape index (κ2) is 64.4. The molecule has 1 N–H and O–H groups in total. The third-order valence-corrected chi connectivity index (χ3v) is 15.2. The lowest BCUT2D eigenvalue weighted by molar-refractivity contribution is -0.161. The van der Waals surface area contributed by atoms with Crippen molar-refractivity contribution in [1.82, 2.24) is 0 Å². The number of aliphatic hydroxyl groups excluding tert-OH is 1. The van der Waals surface area contributed by atoms with Crippen LogP contribution in [-0.2, 0) is 19.1 Å². The monoisotopic (exact) mass is 1020 g/mol. The van der Waals surface area contributed by atoms with Crippen LogP contribution in [0.3, 0.4) is 0 Å². The number of hydrogen-bond acceptors (Lipinski definition) is 5. The fraction of sp³-hybridized carbons (Fsp3) is 0.882. The number of rotatable bonds is 62. The molecule has 0 rings (SSSR count). The van der Waals surface area contributed by atoms with E-state index in [1.54, 1.807) is 0 Å². The standard InChI is InChI=1S/C68H128O5/c1-3-5-7-9-11-13-15-17-19-21-23-25-27-28-29-30-31-32-33-34-35-36-37-38-39-40-41-43-45-47-49-51-53-55-57-59-61-63-68(71)73-66(64-69)65-72-67(70)62-60-58-56-54-52-50-48-46-44-42-26-24-22-20-18-16-14-12-10-8-6-4-2/h15,17,21,23,27-28,66,69H,3-14,16,18-20,22,24-26,29-65H2,1-2H3/b17-15-,23-21-,28-27-. The number of unbranched alkanes of at least 4 members (excludes halogenated alkanes) is 48. The van der Waals surface area contributed by atoms with E-state index < -0.39 is 6.10 Å². The Bertz CT molecular complexity index is 1160. The van der Waals surface area contributed by atoms with Gasteiger partial charge < -0.3 is 14.6 Å². The van der Waals surface area contributed by atoms with Crippen molar-refractivity contribution in [2.45, 2.75) is 373 Å². The summed E-state index contributed by atoms with van der Waals surface area (Å²) in [6.07, 6.45) is 84.5. The number of ether oxygens (including phenoxy) is 2. The molecule has 5 nitrogen and oxygen atoms in total. The molecule has 0 bridgehead atoms. The van der Waals surface area contributed by atoms with E-state index in [9.17, 15) is 14.7 Å². The highest BCUT2D eigenvalue weighted by Crippen LogP contribution is 2.18. The molecule has 0 aromatic carbocycles. The zero-order valence-corrected chi connectivity index (χ0v) is 49.4. The van der Waals surface area contributed by atoms with Crippen LogP contribution in [-0.4, -0.2) is 36.4 Å². The van der Waals surface area contributed by atoms with Crippen LogP contribution in [0.15, 0.2) is 36.5 Å². The molecular formula is C68H128O5. The Morgan fingerprint density at radius 1 is 0.315 bits per heavy atom. The Labute approximate surface area is 456 Å². The first-order chi connectivity index (χ1) is 36.1. The van der Waals surface area contributed by atoms with Crippen LogP contribution in [0.5, 0.6) is 0 Å². The van der Waals surface area contributed by atoms with Gasteiger partial charge in [-0.2, -0.15) is 0 Å². The fourth-order valence-electron chi connectivity index (χ4n) is 10.2. The predicted octanol–water partition coefficient (Wildman–Crippen LogP) is 22.6. The van der Waals surface area contributed by atoms with Gasteiger partial charge in [0.25, 0.3) is 0 Å². The summed E-state index contributed by atoms with van der Waals surface area (Å²) in [5.41, 5.74) is 0. The number of allylic oxidation sites excluding steroid dienone is 6. The minimum absolute atomic E-state index is 0.0583. The van der Waals surface area contributed by atoms with Crippen molar-refractivity contribution >= 4 is 11.9 Å². The summed E-state index contributed by atoms with van der Waals surface area (Å²) in [7, 11) is 0. The number of carbonyl (C=O) groups is 2. The first kappa shape index (κ1) is 71.1. The van der Waals surface area contributed by atoms with Crippen LogP contribution in [0.2, 0.25) is 0 Å². The van der Waals surface area contributed by atoms with E-state index in [2.05, 4.69) is 50.3 Å². The van der Waals surface area contributed by atoms with Gasteiger partial charge in [-0.3, -0.25) is 9.59 Å². The maximum absolute atomic E-state index is 12.3. The van der Waals surface area contributed by atoms with E-state index in [4.69, 9.17) is 9.47 Å². The molecule has 5 heteroatoms. The van der Waals surface area contributed by atoms with Gasteiger partial charge >= 0.3 is 11.9 Å². The van der Waals surface area contributed by atoms with Gasteiger partial charge in [0.2, 0.25) is 0 Å². The molecule has 0 heterocycles. The molecule has 1 unspecified atom stereocenters. The first-order valence-electron chi connectivity index (χ1n) is 33.0. The molecular weight excluding hydrogens is 897 g/mol. The molecule has 0 aromatic heterocycles. The van der Waals surface area contributed by atoms with Crippen molar-refractivity contribution in [3.63, 3.8) is 0 Å². The molecule has 0 spiro atoms. The summed E-state index contributed by atoms with van der Waals surface area (Å²) in [6, 6.07) is 0. The SMILES string of the molecule is CCCCCCC/C=C\C/C=C\C/C=C\CCCCCCCCCCCCCCCCCCCCCCCCC(=O)OC(CO)COC(=O)CCCCCCCCCCCCCCCCCCCCCCCC. The van der Waals surface area contributed by atoms with Crippen molar-refractivity contribution in [3.8, 4) is 0 Å². The number of aliphatic hydroxyl groups is 1. The highest BCUT2D eigenvalue weighted by Gasteiger charge is 2.16. The molecule has 0 aliphatic heterocycles. The molecule has 0 aliphatic carbocycles. The maximum Gasteiger partial charge on any atom is 0.306 e. The largest absolute Gasteiger partial charge is 0.462 e. The molecule has 0 fully saturated rings. The van der Waals surface area contributed by atoms with Crippen molar-refractivity contribution in [2.75, 3.05) is 13.2 Å². The quantitative estimate of drug-likeness (QED) is 0.0373. The lowest BCUT2D eigenvalue weighted by Crippen LogP contribution is -2.28. The van der Waals surface area contributed by atoms with E-state index >= 15 is 0 Å². The second-order valence-electron chi connectivity index (χ2n) is 22.6. The van der Waals surface area contributed by atoms with Gasteiger partial charge in [0.05, 0.1) is 6.61 Å². The van der Waals surface area contributed by atoms with Gasteiger partial charge in [0.1, 0.15) is 6.61 Å². The highest BCUT2D eigenvalue weighted by molar-refractivity contribution is 5.70. The molecule has 0 aliphatic rings. The molecule has 1 atom stereocenters. The molecule has 0 saturated carbocycles. The van der Waals surface area contributed by atoms with Gasteiger partial charge in [-0.15, -0.1) is 0 Å². The number of hydrogen-bond donors (Lipinski definition) is 1. The fourth-order valence-corrected chi connectivity index (χ4v) is 10.2. The minimum atomic E-state index is -0.768. The maximum atomic E-state index is 12.3. The topological polar surface area (TPSA) is 72.8 Å². The van der Waals surface area contributed by atoms with E-state index in [1.165, 1.54) is 295 Å². The van der Waals surface area contributed by atoms with Gasteiger partial charge in [-0.25, -0.2) is 0 Å². The van der Waals surface area contributed by atoms with Crippen LogP contribution in [0.4, 0.5) is 0 Å². The Balaban J connectivity index is 3.39. The van der Waals surface area contributed by atoms with Gasteiger partial charge in [-0.1, -0.05) is 339 Å². The zero-order chi connectivity index (χ0) is 52.7. The molecule has 0 saturated heterocycles. The summed E-state index contributed by atoms with van der Waals surface area (Å²) in [5.74, 6) is -0.566. The third-order valence-electron chi connectivity index (χ3n) is 15.2. The summed E-state index contributed by atoms with van der Waals surface area (Å²) < 4.78 is 10.7. The van der Waals surface area contributed by atoms with Crippen molar-refractivity contribution in [3.05, 3.63) is 36.5 Å². The van der Waals surface area contributed by atoms with Gasteiger partial charge in [0.15, 0.2) is 6.10 Å². The van der Waals surface area contributed by atoms with Crippen molar-refractivity contribution < 1.29 is 24.2 Å². The lowest BCUT2D eigenvalue weighted by Gasteiger charge is -2.15. The first-order valence-corrected chi connectivity index (χ1v) is 33.0. The second-order valence-corrected chi connectivity index (χ2v) is 22.6. The minimum Gasteiger partial charge on any atom is -0.462 e. The smallest absolute Gasteiger partial charge is 0.306 e. The van der Waals surface area contributed by atoms with Crippen molar-refractivity contribution in [2.24, 2.45) is 0 Å². The Morgan fingerprint density at radius 3 is 0.822 bits per heavy atom. The average Bonchev–Trinajstić information content (AvgIpc) is 3.39. The number of esters is 2. The normalized spacial score (nSPS) is 12.3. The predicted molar refractivity (Wildman–Crippen MR) is 321 cm³/mol. The zero-order valence-electron chi connectivity index (χ0n) is 49.4. The van der Waals surface area contributed by atoms with Crippen LogP contribution in [0, 0.1) is 0 Å². The van der Waals surface area contributed by atoms with E-state index in [-0.39, 0.29) is 25.2 Å². The van der Waals surface area contributed by atoms with Gasteiger partial charge in [0, 0.05) is 12.8 Å². The molecule has 73 heavy (non-hydrogen) atoms. The van der Waals surface area contributed by atoms with E-state index in [0.717, 1.165) is 44.9 Å². The van der Waals surface area contributed by atoms with E-state index in [1.807, 2.05) is 0 Å². The van der Waals surface area contributed by atoms with Crippen LogP contribution >= 0.6 is 0 Å². The van der Waals surface area contributed by atoms with Crippen molar-refractivity contribution in [1.29, 1.82) is 0 Å². The summed E-state index contributed by atoms with van der Waals surface area (Å²) in [5, 5.41) is 9.68. The highest BCUT2D eigenvalue weighted by atomic mass is 16.6. The van der Waals surface area contributed by atoms with Gasteiger partial charge in [-0.05, 0) is 51.4 Å². The molecule has 0 amide bonds. The third kappa shape index (κ3) is 62.6. The van der Waals surface area contributed by atoms with E-state index in [0.29, 0.717) is 12.8 Å². The summed E-state index contributed by atoms with van der Waals surface area (Å²) >= 11 is 0. The van der Waals surface area contributed by atoms with Crippen LogP contribution < -0.4 is 0 Å². The molecule has 0 radical (unpaired) electrons. The Hall–Kier alpha value is -1.88. The Kier molecular flexibility index (Phi) is 62.7. The Morgan fingerprint density at radius 2 is 0.548 bits per heavy atom. The van der Waals surface area contributed by atoms with Crippen LogP contribution in [0.25, 0.3) is 0 Å². The molecule has 430 valence electrons. The molecule has 0 aromatic rings. The average molecular weight is 1030 g/mol. The van der Waals surface area contributed by atoms with Crippen LogP contribution in [0.1, 0.15) is 367 Å². The lowest BCUT2D eigenvalue weighted by atomic mass is 10.0. The number of carbonyl (C=O) groups excluding carboxylic acids is 2. The summed E-state index contributed by atoms with van der Waals surface area (Å²) in [4.78, 5) is 24.6. The summed E-state index contributed by atoms with van der Waals surface area (Å²) in [6.45, 7) is 4.19.